The molecule has 1 aromatic heterocycles. The predicted octanol–water partition coefficient (Wildman–Crippen LogP) is 0.525. The molecule has 3 aromatic rings. The Bertz CT molecular complexity index is 788. The van der Waals surface area contributed by atoms with Gasteiger partial charge in [0.15, 0.2) is 18.9 Å². The van der Waals surface area contributed by atoms with Gasteiger partial charge in [0, 0.05) is 29.8 Å². The third-order valence-corrected chi connectivity index (χ3v) is 3.72. The van der Waals surface area contributed by atoms with Crippen molar-refractivity contribution in [3.63, 3.8) is 0 Å². The average Bonchev–Trinajstić information content (AvgIpc) is 2.58. The Balaban J connectivity index is 0.00000208. The summed E-state index contributed by atoms with van der Waals surface area (Å²) in [6, 6.07) is 21.3. The third kappa shape index (κ3) is 4.64. The summed E-state index contributed by atoms with van der Waals surface area (Å²) in [6.07, 6.45) is 5.00. The van der Waals surface area contributed by atoms with Crippen LogP contribution in [0.3, 0.4) is 0 Å². The molecule has 122 valence electrons. The highest BCUT2D eigenvalue weighted by atomic mass is 35.5. The van der Waals surface area contributed by atoms with Crippen molar-refractivity contribution in [1.82, 2.24) is 0 Å². The molecule has 0 aliphatic heterocycles. The SMILES string of the molecule is O=[N+]([O-])c1ccc(C[n+]2ccc(Cc3ccccc3)cc2)cc1.[Cl-]. The van der Waals surface area contributed by atoms with Gasteiger partial charge in [-0.2, -0.15) is 0 Å². The largest absolute Gasteiger partial charge is 1.00 e. The maximum absolute atomic E-state index is 10.7. The number of hydrogen-bond acceptors (Lipinski definition) is 2. The lowest BCUT2D eigenvalue weighted by Crippen LogP contribution is -3.00. The van der Waals surface area contributed by atoms with Crippen molar-refractivity contribution >= 4 is 5.69 Å². The first-order chi connectivity index (χ1) is 11.2. The molecule has 0 radical (unpaired) electrons. The molecule has 24 heavy (non-hydrogen) atoms. The van der Waals surface area contributed by atoms with Gasteiger partial charge in [-0.25, -0.2) is 4.57 Å². The number of benzene rings is 2. The van der Waals surface area contributed by atoms with Crippen LogP contribution in [0.25, 0.3) is 0 Å². The summed E-state index contributed by atoms with van der Waals surface area (Å²) in [6.45, 7) is 0.698. The Hall–Kier alpha value is -2.72. The third-order valence-electron chi connectivity index (χ3n) is 3.72. The second kappa shape index (κ2) is 8.22. The molecule has 4 nitrogen and oxygen atoms in total. The van der Waals surface area contributed by atoms with Gasteiger partial charge in [0.25, 0.3) is 5.69 Å². The smallest absolute Gasteiger partial charge is 0.269 e. The van der Waals surface area contributed by atoms with Gasteiger partial charge in [-0.3, -0.25) is 10.1 Å². The summed E-state index contributed by atoms with van der Waals surface area (Å²) >= 11 is 0. The van der Waals surface area contributed by atoms with Crippen LogP contribution in [-0.4, -0.2) is 4.92 Å². The summed E-state index contributed by atoms with van der Waals surface area (Å²) in [5.74, 6) is 0. The first-order valence-corrected chi connectivity index (χ1v) is 7.46. The highest BCUT2D eigenvalue weighted by Gasteiger charge is 2.07. The number of nitro groups is 1. The number of nitrogens with zero attached hydrogens (tertiary/aromatic N) is 2. The lowest BCUT2D eigenvalue weighted by molar-refractivity contribution is -0.688. The zero-order valence-corrected chi connectivity index (χ0v) is 13.8. The van der Waals surface area contributed by atoms with E-state index in [-0.39, 0.29) is 23.0 Å². The molecule has 0 spiro atoms. The number of pyridine rings is 1. The molecule has 0 bridgehead atoms. The van der Waals surface area contributed by atoms with Gasteiger partial charge in [-0.15, -0.1) is 0 Å². The predicted molar refractivity (Wildman–Crippen MR) is 88.1 cm³/mol. The Labute approximate surface area is 147 Å². The van der Waals surface area contributed by atoms with Crippen molar-refractivity contribution in [2.24, 2.45) is 0 Å². The summed E-state index contributed by atoms with van der Waals surface area (Å²) < 4.78 is 2.07. The minimum atomic E-state index is -0.380. The molecule has 0 fully saturated rings. The first-order valence-electron chi connectivity index (χ1n) is 7.46. The molecule has 5 heteroatoms. The molecule has 0 aliphatic carbocycles. The van der Waals surface area contributed by atoms with Gasteiger partial charge in [0.1, 0.15) is 0 Å². The van der Waals surface area contributed by atoms with E-state index in [9.17, 15) is 10.1 Å². The van der Waals surface area contributed by atoms with Crippen LogP contribution in [-0.2, 0) is 13.0 Å². The van der Waals surface area contributed by atoms with Crippen molar-refractivity contribution in [1.29, 1.82) is 0 Å². The van der Waals surface area contributed by atoms with E-state index in [4.69, 9.17) is 0 Å². The molecule has 0 amide bonds. The minimum absolute atomic E-state index is 0. The molecule has 0 N–H and O–H groups in total. The maximum atomic E-state index is 10.7. The normalized spacial score (nSPS) is 10.0. The second-order valence-corrected chi connectivity index (χ2v) is 5.46. The van der Waals surface area contributed by atoms with E-state index in [2.05, 4.69) is 28.8 Å². The van der Waals surface area contributed by atoms with Crippen LogP contribution in [0.15, 0.2) is 79.1 Å². The van der Waals surface area contributed by atoms with Crippen LogP contribution in [0.2, 0.25) is 0 Å². The summed E-state index contributed by atoms with van der Waals surface area (Å²) in [7, 11) is 0. The van der Waals surface area contributed by atoms with E-state index >= 15 is 0 Å². The molecule has 2 aromatic carbocycles. The molecule has 0 saturated heterocycles. The van der Waals surface area contributed by atoms with Crippen molar-refractivity contribution in [3.05, 3.63) is 106 Å². The second-order valence-electron chi connectivity index (χ2n) is 5.46. The fourth-order valence-corrected chi connectivity index (χ4v) is 2.48. The van der Waals surface area contributed by atoms with Crippen molar-refractivity contribution in [2.75, 3.05) is 0 Å². The Kier molecular flexibility index (Phi) is 6.04. The molecule has 0 unspecified atom stereocenters. The van der Waals surface area contributed by atoms with Gasteiger partial charge < -0.3 is 12.4 Å². The topological polar surface area (TPSA) is 47.0 Å². The summed E-state index contributed by atoms with van der Waals surface area (Å²) in [5.41, 5.74) is 3.71. The zero-order valence-electron chi connectivity index (χ0n) is 13.0. The van der Waals surface area contributed by atoms with E-state index in [1.807, 2.05) is 30.6 Å². The first kappa shape index (κ1) is 17.6. The Morgan fingerprint density at radius 1 is 0.792 bits per heavy atom. The van der Waals surface area contributed by atoms with E-state index in [0.29, 0.717) is 6.54 Å². The van der Waals surface area contributed by atoms with Crippen molar-refractivity contribution < 1.29 is 21.9 Å². The number of nitro benzene ring substituents is 1. The van der Waals surface area contributed by atoms with Gasteiger partial charge in [0.05, 0.1) is 4.92 Å². The van der Waals surface area contributed by atoms with Gasteiger partial charge >= 0.3 is 0 Å². The number of non-ortho nitro benzene ring substituents is 1. The number of halogens is 1. The van der Waals surface area contributed by atoms with Crippen LogP contribution in [0.5, 0.6) is 0 Å². The highest BCUT2D eigenvalue weighted by Crippen LogP contribution is 2.12. The standard InChI is InChI=1S/C19H17N2O2.ClH/c22-21(23)19-8-6-18(7-9-19)15-20-12-10-17(11-13-20)14-16-4-2-1-3-5-16;/h1-13H,14-15H2;1H/q+1;/p-1. The lowest BCUT2D eigenvalue weighted by atomic mass is 10.1. The lowest BCUT2D eigenvalue weighted by Gasteiger charge is -2.02. The van der Waals surface area contributed by atoms with E-state index in [1.54, 1.807) is 24.3 Å². The van der Waals surface area contributed by atoms with Crippen molar-refractivity contribution in [3.8, 4) is 0 Å². The van der Waals surface area contributed by atoms with Gasteiger partial charge in [-0.1, -0.05) is 30.3 Å². The molecule has 0 saturated carbocycles. The quantitative estimate of drug-likeness (QED) is 0.386. The molecular formula is C19H17ClN2O2. The summed E-state index contributed by atoms with van der Waals surface area (Å²) in [4.78, 5) is 10.3. The molecule has 0 aliphatic rings. The molecular weight excluding hydrogens is 324 g/mol. The Morgan fingerprint density at radius 2 is 1.38 bits per heavy atom. The number of aromatic nitrogens is 1. The van der Waals surface area contributed by atoms with Crippen LogP contribution in [0.1, 0.15) is 16.7 Å². The molecule has 1 heterocycles. The number of rotatable bonds is 5. The van der Waals surface area contributed by atoms with Gasteiger partial charge in [0.2, 0.25) is 0 Å². The van der Waals surface area contributed by atoms with Gasteiger partial charge in [-0.05, 0) is 29.7 Å². The highest BCUT2D eigenvalue weighted by molar-refractivity contribution is 5.32. The summed E-state index contributed by atoms with van der Waals surface area (Å²) in [5, 5.41) is 10.7. The fourth-order valence-electron chi connectivity index (χ4n) is 2.48. The average molecular weight is 341 g/mol. The van der Waals surface area contributed by atoms with E-state index < -0.39 is 0 Å². The zero-order chi connectivity index (χ0) is 16.1. The van der Waals surface area contributed by atoms with Crippen LogP contribution in [0, 0.1) is 10.1 Å². The number of hydrogen-bond donors (Lipinski definition) is 0. The Morgan fingerprint density at radius 3 is 1.96 bits per heavy atom. The van der Waals surface area contributed by atoms with E-state index in [0.717, 1.165) is 12.0 Å². The molecule has 3 rings (SSSR count). The minimum Gasteiger partial charge on any atom is -1.00 e. The molecule has 0 atom stereocenters. The van der Waals surface area contributed by atoms with Crippen LogP contribution in [0.4, 0.5) is 5.69 Å². The van der Waals surface area contributed by atoms with E-state index in [1.165, 1.54) is 11.1 Å². The monoisotopic (exact) mass is 340 g/mol. The fraction of sp³-hybridized carbons (Fsp3) is 0.105. The maximum Gasteiger partial charge on any atom is 0.269 e. The van der Waals surface area contributed by atoms with Crippen LogP contribution < -0.4 is 17.0 Å². The van der Waals surface area contributed by atoms with Crippen LogP contribution >= 0.6 is 0 Å². The van der Waals surface area contributed by atoms with Crippen molar-refractivity contribution in [2.45, 2.75) is 13.0 Å².